The molecule has 9 nitrogen and oxygen atoms in total. The van der Waals surface area contributed by atoms with Crippen LogP contribution in [0.25, 0.3) is 0 Å². The number of ether oxygens (including phenoxy) is 3. The number of carbonyl (C=O) groups is 2. The summed E-state index contributed by atoms with van der Waals surface area (Å²) in [6.07, 6.45) is 0. The van der Waals surface area contributed by atoms with Gasteiger partial charge in [-0.1, -0.05) is 36.4 Å². The van der Waals surface area contributed by atoms with Crippen molar-refractivity contribution >= 4 is 17.8 Å². The molecule has 0 spiro atoms. The van der Waals surface area contributed by atoms with E-state index in [-0.39, 0.29) is 19.3 Å². The first kappa shape index (κ1) is 22.2. The minimum absolute atomic E-state index is 0.214. The molecule has 0 saturated carbocycles. The molecule has 9 heteroatoms. The van der Waals surface area contributed by atoms with Gasteiger partial charge in [-0.05, 0) is 30.2 Å². The van der Waals surface area contributed by atoms with E-state index in [4.69, 9.17) is 19.2 Å². The largest absolute Gasteiger partial charge is 0.465 e. The van der Waals surface area contributed by atoms with E-state index in [0.29, 0.717) is 5.96 Å². The second-order valence-corrected chi connectivity index (χ2v) is 8.48. The third-order valence-corrected chi connectivity index (χ3v) is 6.29. The van der Waals surface area contributed by atoms with Gasteiger partial charge in [0.15, 0.2) is 17.4 Å². The second-order valence-electron chi connectivity index (χ2n) is 8.48. The van der Waals surface area contributed by atoms with E-state index in [9.17, 15) is 9.59 Å². The molecular formula is C25H28N4O5. The van der Waals surface area contributed by atoms with E-state index in [2.05, 4.69) is 21.2 Å². The van der Waals surface area contributed by atoms with Gasteiger partial charge in [0.1, 0.15) is 6.04 Å². The topological polar surface area (TPSA) is 92.7 Å². The molecule has 2 aromatic rings. The van der Waals surface area contributed by atoms with Gasteiger partial charge < -0.3 is 19.1 Å². The van der Waals surface area contributed by atoms with Crippen molar-refractivity contribution in [3.05, 3.63) is 59.7 Å². The van der Waals surface area contributed by atoms with Gasteiger partial charge in [-0.15, -0.1) is 0 Å². The summed E-state index contributed by atoms with van der Waals surface area (Å²) < 4.78 is 16.1. The molecule has 3 heterocycles. The minimum Gasteiger partial charge on any atom is -0.465 e. The third-order valence-electron chi connectivity index (χ3n) is 6.29. The summed E-state index contributed by atoms with van der Waals surface area (Å²) in [6, 6.07) is 14.9. The Labute approximate surface area is 198 Å². The number of piperazine rings is 1. The van der Waals surface area contributed by atoms with Crippen LogP contribution in [-0.2, 0) is 20.9 Å². The fraction of sp³-hybridized carbons (Fsp3) is 0.400. The Hall–Kier alpha value is -3.59. The first-order chi connectivity index (χ1) is 16.6. The molecule has 1 amide bonds. The van der Waals surface area contributed by atoms with Gasteiger partial charge >= 0.3 is 5.97 Å². The van der Waals surface area contributed by atoms with Crippen molar-refractivity contribution in [3.8, 4) is 11.5 Å². The average Bonchev–Trinajstić information content (AvgIpc) is 3.33. The number of aliphatic imine (C=N–C) groups is 1. The number of nitrogens with zero attached hydrogens (tertiary/aromatic N) is 3. The van der Waals surface area contributed by atoms with Crippen LogP contribution in [0.5, 0.6) is 11.5 Å². The van der Waals surface area contributed by atoms with Gasteiger partial charge in [-0.25, -0.2) is 4.99 Å². The minimum atomic E-state index is -1.00. The fourth-order valence-electron chi connectivity index (χ4n) is 4.53. The highest BCUT2D eigenvalue weighted by atomic mass is 16.7. The zero-order valence-corrected chi connectivity index (χ0v) is 19.1. The van der Waals surface area contributed by atoms with Crippen LogP contribution in [0.3, 0.4) is 0 Å². The number of amides is 1. The maximum atomic E-state index is 13.0. The van der Waals surface area contributed by atoms with Crippen LogP contribution in [0.15, 0.2) is 53.5 Å². The van der Waals surface area contributed by atoms with Crippen LogP contribution < -0.4 is 14.8 Å². The summed E-state index contributed by atoms with van der Waals surface area (Å²) in [5, 5.41) is 2.86. The van der Waals surface area contributed by atoms with E-state index in [0.717, 1.165) is 49.8 Å². The van der Waals surface area contributed by atoms with E-state index in [1.807, 2.05) is 42.5 Å². The summed E-state index contributed by atoms with van der Waals surface area (Å²) in [7, 11) is 0. The molecule has 178 valence electrons. The zero-order valence-electron chi connectivity index (χ0n) is 19.1. The lowest BCUT2D eigenvalue weighted by Gasteiger charge is -2.39. The molecule has 1 fully saturated rings. The Bertz CT molecular complexity index is 1080. The Morgan fingerprint density at radius 1 is 1.09 bits per heavy atom. The van der Waals surface area contributed by atoms with Crippen LogP contribution in [0.1, 0.15) is 24.1 Å². The van der Waals surface area contributed by atoms with Crippen molar-refractivity contribution < 1.29 is 23.8 Å². The second kappa shape index (κ2) is 9.72. The van der Waals surface area contributed by atoms with E-state index < -0.39 is 17.9 Å². The molecule has 5 rings (SSSR count). The summed E-state index contributed by atoms with van der Waals surface area (Å²) >= 11 is 0. The van der Waals surface area contributed by atoms with Crippen molar-refractivity contribution in [2.24, 2.45) is 10.9 Å². The number of carbonyl (C=O) groups excluding carboxylic acids is 2. The molecule has 0 aliphatic carbocycles. The van der Waals surface area contributed by atoms with Crippen LogP contribution in [0, 0.1) is 5.92 Å². The van der Waals surface area contributed by atoms with Gasteiger partial charge in [-0.2, -0.15) is 0 Å². The molecule has 1 N–H and O–H groups in total. The number of hydrogen-bond donors (Lipinski definition) is 1. The van der Waals surface area contributed by atoms with E-state index in [1.165, 1.54) is 5.56 Å². The standard InChI is InChI=1S/C25H28N4O5/c1-2-32-24(31)21-22(18-6-4-3-5-7-18)26-25(27-23(21)30)29-12-10-28(11-13-29)15-17-8-9-19-20(14-17)34-16-33-19/h3-9,14,21-22H,2,10-13,15-16H2,1H3,(H,26,27,30). The number of esters is 1. The average molecular weight is 465 g/mol. The summed E-state index contributed by atoms with van der Waals surface area (Å²) in [6.45, 7) is 6.10. The molecule has 3 aliphatic rings. The normalized spacial score (nSPS) is 22.2. The van der Waals surface area contributed by atoms with Crippen LogP contribution >= 0.6 is 0 Å². The molecule has 0 bridgehead atoms. The summed E-state index contributed by atoms with van der Waals surface area (Å²) in [5.41, 5.74) is 1.98. The predicted octanol–water partition coefficient (Wildman–Crippen LogP) is 1.94. The SMILES string of the molecule is CCOC(=O)C1C(=O)NC(N2CCN(Cc3ccc4c(c3)OCO4)CC2)=NC1c1ccccc1. The Morgan fingerprint density at radius 2 is 1.85 bits per heavy atom. The maximum absolute atomic E-state index is 13.0. The van der Waals surface area contributed by atoms with Crippen molar-refractivity contribution in [2.45, 2.75) is 19.5 Å². The van der Waals surface area contributed by atoms with Crippen LogP contribution in [0.2, 0.25) is 0 Å². The van der Waals surface area contributed by atoms with Crippen molar-refractivity contribution in [1.82, 2.24) is 15.1 Å². The first-order valence-corrected chi connectivity index (χ1v) is 11.6. The zero-order chi connectivity index (χ0) is 23.5. The monoisotopic (exact) mass is 464 g/mol. The molecule has 2 atom stereocenters. The highest BCUT2D eigenvalue weighted by Crippen LogP contribution is 2.33. The molecule has 0 aromatic heterocycles. The first-order valence-electron chi connectivity index (χ1n) is 11.6. The van der Waals surface area contributed by atoms with Crippen LogP contribution in [0.4, 0.5) is 0 Å². The number of rotatable bonds is 5. The van der Waals surface area contributed by atoms with Gasteiger partial charge in [0.05, 0.1) is 6.61 Å². The Balaban J connectivity index is 1.28. The Kier molecular flexibility index (Phi) is 6.35. The van der Waals surface area contributed by atoms with Gasteiger partial charge in [0.2, 0.25) is 18.7 Å². The molecule has 1 saturated heterocycles. The number of guanidine groups is 1. The van der Waals surface area contributed by atoms with Gasteiger partial charge in [0.25, 0.3) is 0 Å². The molecule has 3 aliphatic heterocycles. The number of nitrogens with one attached hydrogen (secondary N) is 1. The highest BCUT2D eigenvalue weighted by Gasteiger charge is 2.42. The number of benzene rings is 2. The number of fused-ring (bicyclic) bond motifs is 1. The molecular weight excluding hydrogens is 436 g/mol. The fourth-order valence-corrected chi connectivity index (χ4v) is 4.53. The van der Waals surface area contributed by atoms with E-state index in [1.54, 1.807) is 6.92 Å². The predicted molar refractivity (Wildman–Crippen MR) is 124 cm³/mol. The molecule has 2 aromatic carbocycles. The summed E-state index contributed by atoms with van der Waals surface area (Å²) in [4.78, 5) is 34.8. The third kappa shape index (κ3) is 4.56. The van der Waals surface area contributed by atoms with Gasteiger partial charge in [0, 0.05) is 32.7 Å². The van der Waals surface area contributed by atoms with Crippen LogP contribution in [-0.4, -0.2) is 67.2 Å². The lowest BCUT2D eigenvalue weighted by atomic mass is 9.91. The lowest BCUT2D eigenvalue weighted by Crippen LogP contribution is -2.57. The molecule has 0 radical (unpaired) electrons. The highest BCUT2D eigenvalue weighted by molar-refractivity contribution is 6.08. The van der Waals surface area contributed by atoms with Crippen molar-refractivity contribution in [1.29, 1.82) is 0 Å². The summed E-state index contributed by atoms with van der Waals surface area (Å²) in [5.74, 6) is 0.165. The Morgan fingerprint density at radius 3 is 2.62 bits per heavy atom. The van der Waals surface area contributed by atoms with E-state index >= 15 is 0 Å². The lowest BCUT2D eigenvalue weighted by molar-refractivity contribution is -0.153. The molecule has 2 unspecified atom stereocenters. The smallest absolute Gasteiger partial charge is 0.321 e. The van der Waals surface area contributed by atoms with Gasteiger partial charge in [-0.3, -0.25) is 19.8 Å². The van der Waals surface area contributed by atoms with Crippen molar-refractivity contribution in [3.63, 3.8) is 0 Å². The van der Waals surface area contributed by atoms with Crippen molar-refractivity contribution in [2.75, 3.05) is 39.6 Å². The quantitative estimate of drug-likeness (QED) is 0.534. The maximum Gasteiger partial charge on any atom is 0.321 e. The number of hydrogen-bond acceptors (Lipinski definition) is 8. The molecule has 34 heavy (non-hydrogen) atoms.